The van der Waals surface area contributed by atoms with Gasteiger partial charge in [-0.2, -0.15) is 5.10 Å². The molecule has 1 fully saturated rings. The van der Waals surface area contributed by atoms with Crippen LogP contribution in [-0.4, -0.2) is 20.9 Å². The molecule has 0 spiro atoms. The molecular weight excluding hydrogens is 204 g/mol. The smallest absolute Gasteiger partial charge is 0.308 e. The summed E-state index contributed by atoms with van der Waals surface area (Å²) in [4.78, 5) is 10.9. The molecule has 2 unspecified atom stereocenters. The second kappa shape index (κ2) is 3.61. The van der Waals surface area contributed by atoms with Crippen LogP contribution in [0.1, 0.15) is 25.3 Å². The van der Waals surface area contributed by atoms with E-state index in [1.165, 1.54) is 0 Å². The number of rotatable bonds is 2. The summed E-state index contributed by atoms with van der Waals surface area (Å²) in [6, 6.07) is -0.0278. The quantitative estimate of drug-likeness (QED) is 0.819. The molecule has 0 aromatic carbocycles. The Balaban J connectivity index is 2.21. The van der Waals surface area contributed by atoms with Gasteiger partial charge in [0, 0.05) is 6.20 Å². The third-order valence-electron chi connectivity index (χ3n) is 2.71. The predicted octanol–water partition coefficient (Wildman–Crippen LogP) is 1.96. The summed E-state index contributed by atoms with van der Waals surface area (Å²) in [6.07, 6.45) is 5.78. The van der Waals surface area contributed by atoms with E-state index in [9.17, 15) is 4.79 Å². The molecule has 5 heteroatoms. The van der Waals surface area contributed by atoms with E-state index >= 15 is 0 Å². The van der Waals surface area contributed by atoms with Crippen molar-refractivity contribution < 1.29 is 9.90 Å². The van der Waals surface area contributed by atoms with Crippen LogP contribution in [-0.2, 0) is 4.79 Å². The van der Waals surface area contributed by atoms with Crippen molar-refractivity contribution in [2.75, 3.05) is 0 Å². The van der Waals surface area contributed by atoms with E-state index in [4.69, 9.17) is 16.7 Å². The van der Waals surface area contributed by atoms with Gasteiger partial charge in [0.05, 0.1) is 23.2 Å². The molecule has 0 saturated heterocycles. The average molecular weight is 215 g/mol. The minimum absolute atomic E-state index is 0.0278. The molecule has 76 valence electrons. The van der Waals surface area contributed by atoms with Crippen LogP contribution in [0.3, 0.4) is 0 Å². The lowest BCUT2D eigenvalue weighted by Gasteiger charge is -2.15. The molecule has 14 heavy (non-hydrogen) atoms. The number of nitrogens with zero attached hydrogens (tertiary/aromatic N) is 2. The summed E-state index contributed by atoms with van der Waals surface area (Å²) in [6.45, 7) is 0. The number of carboxylic acids is 1. The predicted molar refractivity (Wildman–Crippen MR) is 51.3 cm³/mol. The number of aliphatic carboxylic acids is 1. The second-order valence-electron chi connectivity index (χ2n) is 3.58. The van der Waals surface area contributed by atoms with Gasteiger partial charge in [-0.05, 0) is 12.8 Å². The maximum atomic E-state index is 10.9. The molecule has 1 N–H and O–H groups in total. The van der Waals surface area contributed by atoms with Crippen molar-refractivity contribution in [1.29, 1.82) is 0 Å². The summed E-state index contributed by atoms with van der Waals surface area (Å²) >= 11 is 5.74. The van der Waals surface area contributed by atoms with Crippen molar-refractivity contribution in [2.24, 2.45) is 5.92 Å². The van der Waals surface area contributed by atoms with Gasteiger partial charge in [0.1, 0.15) is 0 Å². The molecule has 1 heterocycles. The Morgan fingerprint density at radius 1 is 1.64 bits per heavy atom. The standard InChI is InChI=1S/C9H11ClN2O2/c10-6-4-11-12(5-6)8-3-1-2-7(8)9(13)14/h4-5,7-8H,1-3H2,(H,13,14). The van der Waals surface area contributed by atoms with Gasteiger partial charge in [0.25, 0.3) is 0 Å². The molecule has 0 bridgehead atoms. The molecule has 1 aliphatic carbocycles. The Hall–Kier alpha value is -1.03. The minimum Gasteiger partial charge on any atom is -0.481 e. The normalized spacial score (nSPS) is 26.6. The first-order valence-electron chi connectivity index (χ1n) is 4.61. The Morgan fingerprint density at radius 3 is 3.00 bits per heavy atom. The highest BCUT2D eigenvalue weighted by molar-refractivity contribution is 6.30. The lowest BCUT2D eigenvalue weighted by molar-refractivity contribution is -0.142. The average Bonchev–Trinajstić information content (AvgIpc) is 2.70. The summed E-state index contributed by atoms with van der Waals surface area (Å²) in [5.74, 6) is -1.05. The van der Waals surface area contributed by atoms with Crippen LogP contribution in [0.4, 0.5) is 0 Å². The summed E-state index contributed by atoms with van der Waals surface area (Å²) in [7, 11) is 0. The molecule has 4 nitrogen and oxygen atoms in total. The topological polar surface area (TPSA) is 55.1 Å². The lowest BCUT2D eigenvalue weighted by Crippen LogP contribution is -2.21. The first-order valence-corrected chi connectivity index (χ1v) is 4.99. The number of aromatic nitrogens is 2. The molecule has 2 atom stereocenters. The van der Waals surface area contributed by atoms with E-state index in [0.29, 0.717) is 5.02 Å². The van der Waals surface area contributed by atoms with E-state index in [1.54, 1.807) is 17.1 Å². The molecule has 0 aliphatic heterocycles. The van der Waals surface area contributed by atoms with Crippen molar-refractivity contribution in [2.45, 2.75) is 25.3 Å². The SMILES string of the molecule is O=C(O)C1CCCC1n1cc(Cl)cn1. The van der Waals surface area contributed by atoms with Gasteiger partial charge in [0.15, 0.2) is 0 Å². The van der Waals surface area contributed by atoms with Gasteiger partial charge >= 0.3 is 5.97 Å². The Labute approximate surface area is 86.5 Å². The molecule has 0 radical (unpaired) electrons. The summed E-state index contributed by atoms with van der Waals surface area (Å²) in [5, 5.41) is 13.6. The molecule has 1 aromatic rings. The van der Waals surface area contributed by atoms with Crippen molar-refractivity contribution >= 4 is 17.6 Å². The van der Waals surface area contributed by atoms with Crippen LogP contribution in [0, 0.1) is 5.92 Å². The molecular formula is C9H11ClN2O2. The van der Waals surface area contributed by atoms with Gasteiger partial charge < -0.3 is 5.11 Å². The Kier molecular flexibility index (Phi) is 2.46. The fraction of sp³-hybridized carbons (Fsp3) is 0.556. The second-order valence-corrected chi connectivity index (χ2v) is 4.02. The van der Waals surface area contributed by atoms with Gasteiger partial charge in [0.2, 0.25) is 0 Å². The first kappa shape index (κ1) is 9.52. The van der Waals surface area contributed by atoms with Crippen LogP contribution in [0.15, 0.2) is 12.4 Å². The van der Waals surface area contributed by atoms with Crippen LogP contribution in [0.5, 0.6) is 0 Å². The first-order chi connectivity index (χ1) is 6.68. The number of hydrogen-bond donors (Lipinski definition) is 1. The molecule has 2 rings (SSSR count). The fourth-order valence-corrected chi connectivity index (χ4v) is 2.19. The van der Waals surface area contributed by atoms with Gasteiger partial charge in [-0.15, -0.1) is 0 Å². The van der Waals surface area contributed by atoms with E-state index in [0.717, 1.165) is 19.3 Å². The zero-order valence-electron chi connectivity index (χ0n) is 7.56. The third-order valence-corrected chi connectivity index (χ3v) is 2.90. The van der Waals surface area contributed by atoms with Crippen molar-refractivity contribution in [3.05, 3.63) is 17.4 Å². The number of halogens is 1. The lowest BCUT2D eigenvalue weighted by atomic mass is 10.0. The van der Waals surface area contributed by atoms with Crippen LogP contribution in [0.25, 0.3) is 0 Å². The number of carbonyl (C=O) groups is 1. The van der Waals surface area contributed by atoms with Crippen molar-refractivity contribution in [3.63, 3.8) is 0 Å². The molecule has 0 amide bonds. The molecule has 1 aromatic heterocycles. The third kappa shape index (κ3) is 1.62. The highest BCUT2D eigenvalue weighted by atomic mass is 35.5. The largest absolute Gasteiger partial charge is 0.481 e. The van der Waals surface area contributed by atoms with E-state index in [1.807, 2.05) is 0 Å². The van der Waals surface area contributed by atoms with E-state index in [2.05, 4.69) is 5.10 Å². The zero-order valence-corrected chi connectivity index (χ0v) is 8.31. The number of hydrogen-bond acceptors (Lipinski definition) is 2. The highest BCUT2D eigenvalue weighted by Gasteiger charge is 2.34. The maximum Gasteiger partial charge on any atom is 0.308 e. The zero-order chi connectivity index (χ0) is 10.1. The van der Waals surface area contributed by atoms with E-state index < -0.39 is 5.97 Å². The summed E-state index contributed by atoms with van der Waals surface area (Å²) in [5.41, 5.74) is 0. The fourth-order valence-electron chi connectivity index (χ4n) is 2.04. The van der Waals surface area contributed by atoms with Crippen LogP contribution < -0.4 is 0 Å². The highest BCUT2D eigenvalue weighted by Crippen LogP contribution is 2.35. The monoisotopic (exact) mass is 214 g/mol. The van der Waals surface area contributed by atoms with Crippen LogP contribution >= 0.6 is 11.6 Å². The Morgan fingerprint density at radius 2 is 2.43 bits per heavy atom. The van der Waals surface area contributed by atoms with Gasteiger partial charge in [-0.25, -0.2) is 0 Å². The van der Waals surface area contributed by atoms with Crippen LogP contribution in [0.2, 0.25) is 5.02 Å². The molecule has 1 aliphatic rings. The Bertz CT molecular complexity index is 350. The van der Waals surface area contributed by atoms with Crippen molar-refractivity contribution in [1.82, 2.24) is 9.78 Å². The van der Waals surface area contributed by atoms with E-state index in [-0.39, 0.29) is 12.0 Å². The minimum atomic E-state index is -0.737. The van der Waals surface area contributed by atoms with Gasteiger partial charge in [-0.3, -0.25) is 9.48 Å². The molecule has 1 saturated carbocycles. The summed E-state index contributed by atoms with van der Waals surface area (Å²) < 4.78 is 1.67. The van der Waals surface area contributed by atoms with Gasteiger partial charge in [-0.1, -0.05) is 18.0 Å². The number of carboxylic acid groups (broad SMARTS) is 1. The van der Waals surface area contributed by atoms with Crippen molar-refractivity contribution in [3.8, 4) is 0 Å². The maximum absolute atomic E-state index is 10.9.